The van der Waals surface area contributed by atoms with E-state index >= 15 is 0 Å². The minimum Gasteiger partial charge on any atom is -0.508 e. The molecule has 0 aliphatic heterocycles. The maximum absolute atomic E-state index is 10.4. The molecular formula is C40H34O7. The maximum atomic E-state index is 10.4. The highest BCUT2D eigenvalue weighted by Crippen LogP contribution is 2.35. The lowest BCUT2D eigenvalue weighted by atomic mass is 9.97. The van der Waals surface area contributed by atoms with Crippen LogP contribution in [0.5, 0.6) is 46.0 Å². The highest BCUT2D eigenvalue weighted by Gasteiger charge is 2.14. The van der Waals surface area contributed by atoms with Crippen LogP contribution in [0.1, 0.15) is 44.5 Å². The molecular weight excluding hydrogens is 592 g/mol. The molecule has 0 heterocycles. The van der Waals surface area contributed by atoms with Gasteiger partial charge in [0.1, 0.15) is 46.0 Å². The molecule has 6 rings (SSSR count). The van der Waals surface area contributed by atoms with Crippen molar-refractivity contribution >= 4 is 0 Å². The summed E-state index contributed by atoms with van der Waals surface area (Å²) >= 11 is 0. The average molecular weight is 627 g/mol. The number of benzene rings is 6. The first-order chi connectivity index (χ1) is 22.7. The first-order valence-corrected chi connectivity index (χ1v) is 15.2. The first-order valence-electron chi connectivity index (χ1n) is 15.2. The number of phenolic OH excluding ortho intramolecular Hbond substituents is 6. The van der Waals surface area contributed by atoms with E-state index in [9.17, 15) is 30.6 Å². The Morgan fingerprint density at radius 1 is 0.340 bits per heavy atom. The Morgan fingerprint density at radius 3 is 1.04 bits per heavy atom. The van der Waals surface area contributed by atoms with Gasteiger partial charge in [-0.3, -0.25) is 0 Å². The van der Waals surface area contributed by atoms with Crippen molar-refractivity contribution in [2.75, 3.05) is 0 Å². The van der Waals surface area contributed by atoms with Gasteiger partial charge in [0.15, 0.2) is 0 Å². The van der Waals surface area contributed by atoms with E-state index in [-0.39, 0.29) is 34.5 Å². The predicted molar refractivity (Wildman–Crippen MR) is 180 cm³/mol. The van der Waals surface area contributed by atoms with Crippen LogP contribution in [-0.2, 0) is 25.7 Å². The smallest absolute Gasteiger partial charge is 0.131 e. The van der Waals surface area contributed by atoms with E-state index in [1.165, 1.54) is 24.3 Å². The van der Waals surface area contributed by atoms with E-state index < -0.39 is 0 Å². The molecule has 47 heavy (non-hydrogen) atoms. The second kappa shape index (κ2) is 13.5. The lowest BCUT2D eigenvalue weighted by molar-refractivity contribution is 0.452. The topological polar surface area (TPSA) is 131 Å². The maximum Gasteiger partial charge on any atom is 0.131 e. The quantitative estimate of drug-likeness (QED) is 0.0848. The Kier molecular flexibility index (Phi) is 8.88. The van der Waals surface area contributed by atoms with Gasteiger partial charge in [0.25, 0.3) is 0 Å². The highest BCUT2D eigenvalue weighted by atomic mass is 16.5. The number of rotatable bonds is 10. The zero-order valence-corrected chi connectivity index (χ0v) is 25.5. The van der Waals surface area contributed by atoms with Crippen molar-refractivity contribution in [3.8, 4) is 46.0 Å². The molecule has 6 aromatic carbocycles. The van der Waals surface area contributed by atoms with Crippen LogP contribution in [0.3, 0.4) is 0 Å². The number of hydrogen-bond donors (Lipinski definition) is 6. The number of phenols is 6. The molecule has 0 fully saturated rings. The van der Waals surface area contributed by atoms with Crippen LogP contribution in [0, 0.1) is 0 Å². The molecule has 0 amide bonds. The molecule has 6 aromatic rings. The molecule has 7 heteroatoms. The molecule has 0 saturated carbocycles. The Morgan fingerprint density at radius 2 is 0.660 bits per heavy atom. The second-order valence-electron chi connectivity index (χ2n) is 11.7. The molecule has 0 unspecified atom stereocenters. The lowest BCUT2D eigenvalue weighted by Crippen LogP contribution is -1.99. The summed E-state index contributed by atoms with van der Waals surface area (Å²) in [6.45, 7) is 0. The van der Waals surface area contributed by atoms with Gasteiger partial charge in [-0.15, -0.1) is 0 Å². The zero-order valence-electron chi connectivity index (χ0n) is 25.5. The first kappa shape index (κ1) is 30.9. The van der Waals surface area contributed by atoms with Gasteiger partial charge < -0.3 is 35.4 Å². The Balaban J connectivity index is 1.23. The Hall–Kier alpha value is -6.08. The van der Waals surface area contributed by atoms with Crippen molar-refractivity contribution in [3.05, 3.63) is 166 Å². The summed E-state index contributed by atoms with van der Waals surface area (Å²) in [4.78, 5) is 0. The van der Waals surface area contributed by atoms with Crippen LogP contribution in [0.2, 0.25) is 0 Å². The summed E-state index contributed by atoms with van der Waals surface area (Å²) in [6, 6.07) is 34.6. The third kappa shape index (κ3) is 7.78. The fourth-order valence-electron chi connectivity index (χ4n) is 5.73. The van der Waals surface area contributed by atoms with E-state index in [0.717, 1.165) is 33.4 Å². The van der Waals surface area contributed by atoms with E-state index in [0.29, 0.717) is 48.3 Å². The van der Waals surface area contributed by atoms with E-state index in [1.54, 1.807) is 48.5 Å². The molecule has 0 saturated heterocycles. The van der Waals surface area contributed by atoms with Crippen LogP contribution in [-0.4, -0.2) is 30.6 Å². The second-order valence-corrected chi connectivity index (χ2v) is 11.7. The molecule has 7 nitrogen and oxygen atoms in total. The van der Waals surface area contributed by atoms with Gasteiger partial charge in [0.05, 0.1) is 0 Å². The van der Waals surface area contributed by atoms with Crippen LogP contribution in [0.15, 0.2) is 121 Å². The molecule has 6 N–H and O–H groups in total. The Bertz CT molecular complexity index is 1900. The SMILES string of the molecule is Oc1ccc(O)c(Cc2cccc(Cc3cc(O)ccc3Oc3ccc(O)cc3Cc3cccc(Cc4cc(O)ccc4O)c3)c2)c1. The number of aromatic hydroxyl groups is 6. The van der Waals surface area contributed by atoms with Gasteiger partial charge in [-0.25, -0.2) is 0 Å². The summed E-state index contributed by atoms with van der Waals surface area (Å²) in [5.74, 6) is 1.73. The fraction of sp³-hybridized carbons (Fsp3) is 0.100. The van der Waals surface area contributed by atoms with Gasteiger partial charge in [-0.2, -0.15) is 0 Å². The third-order valence-corrected chi connectivity index (χ3v) is 8.00. The molecule has 0 spiro atoms. The molecule has 0 aliphatic carbocycles. The summed E-state index contributed by atoms with van der Waals surface area (Å²) in [7, 11) is 0. The largest absolute Gasteiger partial charge is 0.508 e. The minimum atomic E-state index is 0.0884. The molecule has 0 atom stereocenters. The predicted octanol–water partition coefficient (Wildman–Crippen LogP) is 8.08. The number of ether oxygens (including phenoxy) is 1. The van der Waals surface area contributed by atoms with Gasteiger partial charge in [-0.1, -0.05) is 48.5 Å². The molecule has 0 bridgehead atoms. The summed E-state index contributed by atoms with van der Waals surface area (Å²) in [5.41, 5.74) is 6.60. The van der Waals surface area contributed by atoms with Crippen LogP contribution in [0.4, 0.5) is 0 Å². The van der Waals surface area contributed by atoms with E-state index in [4.69, 9.17) is 4.74 Å². The van der Waals surface area contributed by atoms with Crippen molar-refractivity contribution in [2.45, 2.75) is 25.7 Å². The zero-order chi connectivity index (χ0) is 32.9. The van der Waals surface area contributed by atoms with Crippen LogP contribution < -0.4 is 4.74 Å². The van der Waals surface area contributed by atoms with Crippen LogP contribution >= 0.6 is 0 Å². The Labute approximate surface area is 272 Å². The van der Waals surface area contributed by atoms with Gasteiger partial charge in [-0.05, 0) is 95.1 Å². The molecule has 236 valence electrons. The fourth-order valence-corrected chi connectivity index (χ4v) is 5.73. The lowest BCUT2D eigenvalue weighted by Gasteiger charge is -2.16. The molecule has 0 aromatic heterocycles. The summed E-state index contributed by atoms with van der Waals surface area (Å²) in [5, 5.41) is 61.0. The van der Waals surface area contributed by atoms with Crippen LogP contribution in [0.25, 0.3) is 0 Å². The molecule has 0 aliphatic rings. The van der Waals surface area contributed by atoms with Crippen molar-refractivity contribution in [1.29, 1.82) is 0 Å². The van der Waals surface area contributed by atoms with Crippen molar-refractivity contribution in [3.63, 3.8) is 0 Å². The standard InChI is InChI=1S/C40H34O7/c41-33-7-11-37(45)29(21-33)17-25-3-1-5-27(15-25)19-31-23-35(43)9-13-39(31)47-40-14-10-36(44)24-32(40)20-28-6-2-4-26(16-28)18-30-22-34(42)8-12-38(30)46/h1-16,21-24,41-46H,17-20H2. The van der Waals surface area contributed by atoms with Crippen molar-refractivity contribution in [1.82, 2.24) is 0 Å². The number of hydrogen-bond acceptors (Lipinski definition) is 7. The van der Waals surface area contributed by atoms with Crippen molar-refractivity contribution in [2.24, 2.45) is 0 Å². The normalized spacial score (nSPS) is 11.0. The summed E-state index contributed by atoms with van der Waals surface area (Å²) < 4.78 is 6.46. The minimum absolute atomic E-state index is 0.0884. The average Bonchev–Trinajstić information content (AvgIpc) is 3.04. The van der Waals surface area contributed by atoms with Crippen molar-refractivity contribution < 1.29 is 35.4 Å². The third-order valence-electron chi connectivity index (χ3n) is 8.00. The monoisotopic (exact) mass is 626 g/mol. The van der Waals surface area contributed by atoms with Gasteiger partial charge >= 0.3 is 0 Å². The van der Waals surface area contributed by atoms with E-state index in [1.807, 2.05) is 48.5 Å². The summed E-state index contributed by atoms with van der Waals surface area (Å²) in [6.07, 6.45) is 1.79. The highest BCUT2D eigenvalue weighted by molar-refractivity contribution is 5.50. The van der Waals surface area contributed by atoms with Gasteiger partial charge in [0, 0.05) is 47.9 Å². The van der Waals surface area contributed by atoms with Gasteiger partial charge in [0.2, 0.25) is 0 Å². The molecule has 0 radical (unpaired) electrons. The van der Waals surface area contributed by atoms with E-state index in [2.05, 4.69) is 0 Å².